The third-order valence-electron chi connectivity index (χ3n) is 10.3. The van der Waals surface area contributed by atoms with Crippen molar-refractivity contribution in [2.45, 2.75) is 0 Å². The highest BCUT2D eigenvalue weighted by Crippen LogP contribution is 2.37. The number of para-hydroxylation sites is 1. The van der Waals surface area contributed by atoms with E-state index in [1.165, 1.54) is 16.3 Å². The maximum absolute atomic E-state index is 9.67. The second kappa shape index (κ2) is 13.5. The summed E-state index contributed by atoms with van der Waals surface area (Å²) < 4.78 is 6.44. The van der Waals surface area contributed by atoms with Crippen molar-refractivity contribution in [1.29, 1.82) is 5.41 Å². The van der Waals surface area contributed by atoms with Gasteiger partial charge in [-0.3, -0.25) is 5.41 Å². The summed E-state index contributed by atoms with van der Waals surface area (Å²) in [5.41, 5.74) is 8.26. The van der Waals surface area contributed by atoms with E-state index in [0.29, 0.717) is 17.0 Å². The molecule has 1 heterocycles. The number of hydrogen-bond donors (Lipinski definition) is 1. The summed E-state index contributed by atoms with van der Waals surface area (Å²) in [6.45, 7) is 0. The van der Waals surface area contributed by atoms with Gasteiger partial charge in [0.25, 0.3) is 0 Å². The molecule has 0 aliphatic rings. The Hall–Kier alpha value is -7.43. The molecule has 9 aromatic carbocycles. The van der Waals surface area contributed by atoms with Crippen LogP contribution in [-0.2, 0) is 0 Å². The highest BCUT2D eigenvalue weighted by atomic mass is 16.3. The van der Waals surface area contributed by atoms with Crippen molar-refractivity contribution in [2.24, 2.45) is 9.98 Å². The minimum absolute atomic E-state index is 0.101. The molecule has 0 saturated heterocycles. The molecule has 1 aromatic heterocycles. The highest BCUT2D eigenvalue weighted by Gasteiger charge is 2.18. The van der Waals surface area contributed by atoms with Crippen LogP contribution in [0.3, 0.4) is 0 Å². The lowest BCUT2D eigenvalue weighted by Crippen LogP contribution is -2.05. The molecule has 55 heavy (non-hydrogen) atoms. The molecule has 10 rings (SSSR count). The normalized spacial score (nSPS) is 12.1. The summed E-state index contributed by atoms with van der Waals surface area (Å²) in [5, 5.41) is 18.3. The molecular formula is C51H33N3O. The average Bonchev–Trinajstić information content (AvgIpc) is 3.63. The Labute approximate surface area is 317 Å². The number of hydrogen-bond acceptors (Lipinski definition) is 2. The van der Waals surface area contributed by atoms with Gasteiger partial charge in [-0.05, 0) is 103 Å². The SMILES string of the molecule is N=C(N=C(N=Cc1ccc2ccccc2c1)c1ccc2cc(-c3ccccc3)ccc2c1)c1cc(-c2ccc3ccccc3c2)cc2oc3ccccc3c12. The minimum Gasteiger partial charge on any atom is -0.456 e. The van der Waals surface area contributed by atoms with Gasteiger partial charge in [0.05, 0.1) is 0 Å². The van der Waals surface area contributed by atoms with Crippen LogP contribution in [0.4, 0.5) is 0 Å². The van der Waals surface area contributed by atoms with Gasteiger partial charge in [-0.2, -0.15) is 0 Å². The molecule has 0 aliphatic heterocycles. The van der Waals surface area contributed by atoms with Gasteiger partial charge < -0.3 is 4.42 Å². The van der Waals surface area contributed by atoms with Gasteiger partial charge in [-0.1, -0.05) is 146 Å². The number of rotatable bonds is 5. The maximum atomic E-state index is 9.67. The molecule has 1 N–H and O–H groups in total. The first-order valence-electron chi connectivity index (χ1n) is 18.4. The van der Waals surface area contributed by atoms with Gasteiger partial charge in [-0.25, -0.2) is 9.98 Å². The topological polar surface area (TPSA) is 61.7 Å². The van der Waals surface area contributed by atoms with Crippen molar-refractivity contribution in [3.05, 3.63) is 205 Å². The number of amidine groups is 2. The van der Waals surface area contributed by atoms with Gasteiger partial charge in [-0.15, -0.1) is 0 Å². The van der Waals surface area contributed by atoms with E-state index in [9.17, 15) is 5.41 Å². The molecule has 4 heteroatoms. The van der Waals surface area contributed by atoms with Crippen LogP contribution in [-0.4, -0.2) is 17.9 Å². The Kier molecular flexibility index (Phi) is 7.93. The molecule has 10 aromatic rings. The smallest absolute Gasteiger partial charge is 0.161 e. The predicted molar refractivity (Wildman–Crippen MR) is 231 cm³/mol. The van der Waals surface area contributed by atoms with Crippen LogP contribution in [0.5, 0.6) is 0 Å². The fourth-order valence-electron chi connectivity index (χ4n) is 7.53. The Morgan fingerprint density at radius 2 is 1.05 bits per heavy atom. The molecule has 0 radical (unpaired) electrons. The molecule has 0 spiro atoms. The van der Waals surface area contributed by atoms with Crippen molar-refractivity contribution in [3.8, 4) is 22.3 Å². The molecule has 0 saturated carbocycles. The van der Waals surface area contributed by atoms with E-state index in [2.05, 4.69) is 146 Å². The summed E-state index contributed by atoms with van der Waals surface area (Å²) in [5.74, 6) is 0.550. The van der Waals surface area contributed by atoms with E-state index in [1.807, 2.05) is 48.7 Å². The lowest BCUT2D eigenvalue weighted by atomic mass is 9.96. The largest absolute Gasteiger partial charge is 0.456 e. The lowest BCUT2D eigenvalue weighted by molar-refractivity contribution is 0.669. The van der Waals surface area contributed by atoms with Crippen molar-refractivity contribution in [3.63, 3.8) is 0 Å². The summed E-state index contributed by atoms with van der Waals surface area (Å²) in [7, 11) is 0. The first-order chi connectivity index (χ1) is 27.1. The average molecular weight is 704 g/mol. The van der Waals surface area contributed by atoms with Gasteiger partial charge in [0.15, 0.2) is 11.7 Å². The van der Waals surface area contributed by atoms with Gasteiger partial charge in [0, 0.05) is 28.1 Å². The fourth-order valence-corrected chi connectivity index (χ4v) is 7.53. The minimum atomic E-state index is 0.101. The van der Waals surface area contributed by atoms with E-state index in [-0.39, 0.29) is 5.84 Å². The molecule has 0 unspecified atom stereocenters. The zero-order valence-corrected chi connectivity index (χ0v) is 29.8. The monoisotopic (exact) mass is 703 g/mol. The Morgan fingerprint density at radius 1 is 0.455 bits per heavy atom. The van der Waals surface area contributed by atoms with Crippen LogP contribution in [0.25, 0.3) is 76.5 Å². The molecule has 0 atom stereocenters. The van der Waals surface area contributed by atoms with Gasteiger partial charge in [0.1, 0.15) is 11.2 Å². The third kappa shape index (κ3) is 6.16. The van der Waals surface area contributed by atoms with E-state index in [1.54, 1.807) is 0 Å². The van der Waals surface area contributed by atoms with Crippen molar-refractivity contribution in [2.75, 3.05) is 0 Å². The molecular weight excluding hydrogens is 671 g/mol. The molecule has 258 valence electrons. The number of nitrogens with one attached hydrogen (secondary N) is 1. The first-order valence-corrected chi connectivity index (χ1v) is 18.4. The zero-order chi connectivity index (χ0) is 36.7. The third-order valence-corrected chi connectivity index (χ3v) is 10.3. The van der Waals surface area contributed by atoms with Crippen molar-refractivity contribution < 1.29 is 4.42 Å². The van der Waals surface area contributed by atoms with Crippen LogP contribution in [0, 0.1) is 5.41 Å². The molecule has 4 nitrogen and oxygen atoms in total. The number of fused-ring (bicyclic) bond motifs is 6. The van der Waals surface area contributed by atoms with Crippen molar-refractivity contribution >= 4 is 72.1 Å². The Morgan fingerprint density at radius 3 is 1.85 bits per heavy atom. The van der Waals surface area contributed by atoms with Crippen LogP contribution in [0.15, 0.2) is 202 Å². The number of furan rings is 1. The Bertz CT molecular complexity index is 3170. The van der Waals surface area contributed by atoms with Crippen LogP contribution < -0.4 is 0 Å². The standard InChI is InChI=1S/C51H33N3O/c52-50(46-30-44(42-21-20-36-13-5-7-15-38(36)27-42)31-48-49(46)45-16-8-9-17-47(45)55-48)54-51(53-32-33-18-19-35-12-4-6-14-37(35)26-33)43-25-24-40-28-39(22-23-41(40)29-43)34-10-2-1-3-11-34/h1-32,52H. The quantitative estimate of drug-likeness (QED) is 0.141. The second-order valence-electron chi connectivity index (χ2n) is 13.8. The van der Waals surface area contributed by atoms with E-state index >= 15 is 0 Å². The van der Waals surface area contributed by atoms with Crippen molar-refractivity contribution in [1.82, 2.24) is 0 Å². The van der Waals surface area contributed by atoms with Crippen LogP contribution in [0.2, 0.25) is 0 Å². The molecule has 0 aliphatic carbocycles. The summed E-state index contributed by atoms with van der Waals surface area (Å²) in [6.07, 6.45) is 1.84. The summed E-state index contributed by atoms with van der Waals surface area (Å²) in [4.78, 5) is 10.1. The van der Waals surface area contributed by atoms with Gasteiger partial charge >= 0.3 is 0 Å². The second-order valence-corrected chi connectivity index (χ2v) is 13.8. The van der Waals surface area contributed by atoms with E-state index in [0.717, 1.165) is 65.7 Å². The zero-order valence-electron chi connectivity index (χ0n) is 29.8. The Balaban J connectivity index is 1.13. The van der Waals surface area contributed by atoms with Crippen LogP contribution >= 0.6 is 0 Å². The highest BCUT2D eigenvalue weighted by molar-refractivity contribution is 6.22. The number of benzene rings is 9. The fraction of sp³-hybridized carbons (Fsp3) is 0. The molecule has 0 amide bonds. The van der Waals surface area contributed by atoms with Gasteiger partial charge in [0.2, 0.25) is 0 Å². The maximum Gasteiger partial charge on any atom is 0.161 e. The van der Waals surface area contributed by atoms with E-state index < -0.39 is 0 Å². The summed E-state index contributed by atoms with van der Waals surface area (Å²) >= 11 is 0. The summed E-state index contributed by atoms with van der Waals surface area (Å²) in [6, 6.07) is 64.7. The molecule has 0 fully saturated rings. The lowest BCUT2D eigenvalue weighted by Gasteiger charge is -2.10. The predicted octanol–water partition coefficient (Wildman–Crippen LogP) is 13.3. The van der Waals surface area contributed by atoms with E-state index in [4.69, 9.17) is 14.4 Å². The number of nitrogens with zero attached hydrogens (tertiary/aromatic N) is 2. The molecule has 0 bridgehead atoms. The van der Waals surface area contributed by atoms with Crippen LogP contribution in [0.1, 0.15) is 16.7 Å². The first kappa shape index (κ1) is 32.2. The number of aliphatic imine (C=N–C) groups is 2.